The zero-order valence-electron chi connectivity index (χ0n) is 14.0. The van der Waals surface area contributed by atoms with Crippen LogP contribution in [0.25, 0.3) is 0 Å². The molecule has 2 N–H and O–H groups in total. The van der Waals surface area contributed by atoms with Gasteiger partial charge in [-0.05, 0) is 24.6 Å². The normalized spacial score (nSPS) is 11.2. The molecule has 2 aromatic carbocycles. The topological polar surface area (TPSA) is 49.8 Å². The summed E-state index contributed by atoms with van der Waals surface area (Å²) in [4.78, 5) is 8.45. The highest BCUT2D eigenvalue weighted by Gasteiger charge is 2.33. The van der Waals surface area contributed by atoms with Crippen LogP contribution in [0.5, 0.6) is 0 Å². The molecule has 3 aromatic rings. The number of aryl methyl sites for hydroxylation is 1. The Morgan fingerprint density at radius 2 is 1.54 bits per heavy atom. The van der Waals surface area contributed by atoms with E-state index in [0.29, 0.717) is 24.0 Å². The lowest BCUT2D eigenvalue weighted by Gasteiger charge is -2.15. The van der Waals surface area contributed by atoms with Gasteiger partial charge in [-0.25, -0.2) is 9.97 Å². The van der Waals surface area contributed by atoms with Crippen LogP contribution in [0.3, 0.4) is 0 Å². The molecule has 0 radical (unpaired) electrons. The molecule has 1 aromatic heterocycles. The highest BCUT2D eigenvalue weighted by Crippen LogP contribution is 2.35. The summed E-state index contributed by atoms with van der Waals surface area (Å²) in [5, 5.41) is 5.91. The number of hydrogen-bond acceptors (Lipinski definition) is 4. The van der Waals surface area contributed by atoms with Crippen molar-refractivity contribution in [2.45, 2.75) is 19.6 Å². The number of halogens is 3. The first kappa shape index (κ1) is 17.7. The number of rotatable bonds is 5. The third kappa shape index (κ3) is 4.50. The van der Waals surface area contributed by atoms with Crippen LogP contribution in [0.15, 0.2) is 60.7 Å². The van der Waals surface area contributed by atoms with Crippen molar-refractivity contribution in [3.8, 4) is 0 Å². The van der Waals surface area contributed by atoms with E-state index in [1.165, 1.54) is 12.1 Å². The van der Waals surface area contributed by atoms with E-state index in [9.17, 15) is 13.2 Å². The van der Waals surface area contributed by atoms with Crippen molar-refractivity contribution < 1.29 is 13.2 Å². The highest BCUT2D eigenvalue weighted by molar-refractivity contribution is 5.63. The maximum absolute atomic E-state index is 13.1. The molecule has 1 heterocycles. The maximum Gasteiger partial charge on any atom is 0.418 e. The minimum Gasteiger partial charge on any atom is -0.366 e. The predicted molar refractivity (Wildman–Crippen MR) is 95.3 cm³/mol. The van der Waals surface area contributed by atoms with Gasteiger partial charge in [-0.2, -0.15) is 13.2 Å². The van der Waals surface area contributed by atoms with Gasteiger partial charge in [-0.3, -0.25) is 0 Å². The van der Waals surface area contributed by atoms with Crippen LogP contribution in [0.1, 0.15) is 17.0 Å². The number of aromatic nitrogens is 2. The first-order valence-corrected chi connectivity index (χ1v) is 7.98. The van der Waals surface area contributed by atoms with E-state index in [2.05, 4.69) is 20.6 Å². The molecule has 4 nitrogen and oxygen atoms in total. The molecule has 0 amide bonds. The molecule has 0 aliphatic carbocycles. The molecule has 26 heavy (non-hydrogen) atoms. The average molecular weight is 358 g/mol. The Morgan fingerprint density at radius 1 is 0.885 bits per heavy atom. The second-order valence-corrected chi connectivity index (χ2v) is 5.69. The molecular weight excluding hydrogens is 341 g/mol. The molecule has 7 heteroatoms. The standard InChI is InChI=1S/C19H17F3N4/c1-13-24-17(23-12-14-7-3-2-4-8-14)11-18(25-13)26-16-10-6-5-9-15(16)19(20,21)22/h2-11H,12H2,1H3,(H2,23,24,25,26). The first-order chi connectivity index (χ1) is 12.4. The Bertz CT molecular complexity index is 879. The Morgan fingerprint density at radius 3 is 2.27 bits per heavy atom. The fourth-order valence-electron chi connectivity index (χ4n) is 2.49. The monoisotopic (exact) mass is 358 g/mol. The van der Waals surface area contributed by atoms with Crippen LogP contribution >= 0.6 is 0 Å². The van der Waals surface area contributed by atoms with Gasteiger partial charge in [-0.15, -0.1) is 0 Å². The molecule has 0 atom stereocenters. The smallest absolute Gasteiger partial charge is 0.366 e. The summed E-state index contributed by atoms with van der Waals surface area (Å²) in [5.74, 6) is 1.29. The van der Waals surface area contributed by atoms with Gasteiger partial charge in [0.1, 0.15) is 17.5 Å². The predicted octanol–water partition coefficient (Wildman–Crippen LogP) is 5.16. The Kier molecular flexibility index (Phi) is 5.06. The summed E-state index contributed by atoms with van der Waals surface area (Å²) in [6.07, 6.45) is -4.44. The lowest BCUT2D eigenvalue weighted by Crippen LogP contribution is -2.10. The van der Waals surface area contributed by atoms with Crippen molar-refractivity contribution in [3.63, 3.8) is 0 Å². The average Bonchev–Trinajstić information content (AvgIpc) is 2.60. The highest BCUT2D eigenvalue weighted by atomic mass is 19.4. The molecule has 0 spiro atoms. The van der Waals surface area contributed by atoms with Crippen molar-refractivity contribution in [2.24, 2.45) is 0 Å². The first-order valence-electron chi connectivity index (χ1n) is 7.98. The van der Waals surface area contributed by atoms with Gasteiger partial charge in [0.05, 0.1) is 11.3 Å². The minimum absolute atomic E-state index is 0.0490. The number of hydrogen-bond donors (Lipinski definition) is 2. The molecule has 0 aliphatic rings. The number of nitrogens with one attached hydrogen (secondary N) is 2. The molecule has 0 bridgehead atoms. The van der Waals surface area contributed by atoms with Gasteiger partial charge in [0.25, 0.3) is 0 Å². The van der Waals surface area contributed by atoms with E-state index >= 15 is 0 Å². The summed E-state index contributed by atoms with van der Waals surface area (Å²) in [6, 6.07) is 16.6. The fourth-order valence-corrected chi connectivity index (χ4v) is 2.49. The molecular formula is C19H17F3N4. The van der Waals surface area contributed by atoms with Crippen molar-refractivity contribution in [1.29, 1.82) is 0 Å². The van der Waals surface area contributed by atoms with Gasteiger partial charge in [0, 0.05) is 12.6 Å². The largest absolute Gasteiger partial charge is 0.418 e. The van der Waals surface area contributed by atoms with E-state index in [-0.39, 0.29) is 5.69 Å². The maximum atomic E-state index is 13.1. The van der Waals surface area contributed by atoms with Gasteiger partial charge >= 0.3 is 6.18 Å². The lowest BCUT2D eigenvalue weighted by molar-refractivity contribution is -0.136. The number of benzene rings is 2. The van der Waals surface area contributed by atoms with Crippen LogP contribution in [-0.4, -0.2) is 9.97 Å². The summed E-state index contributed by atoms with van der Waals surface area (Å²) >= 11 is 0. The minimum atomic E-state index is -4.44. The summed E-state index contributed by atoms with van der Waals surface area (Å²) < 4.78 is 39.4. The molecule has 0 saturated heterocycles. The van der Waals surface area contributed by atoms with Crippen molar-refractivity contribution in [1.82, 2.24) is 9.97 Å². The zero-order valence-corrected chi connectivity index (χ0v) is 14.0. The summed E-state index contributed by atoms with van der Waals surface area (Å²) in [6.45, 7) is 2.24. The van der Waals surface area contributed by atoms with Crippen LogP contribution < -0.4 is 10.6 Å². The zero-order chi connectivity index (χ0) is 18.6. The van der Waals surface area contributed by atoms with Crippen LogP contribution in [-0.2, 0) is 12.7 Å². The number of alkyl halides is 3. The van der Waals surface area contributed by atoms with Gasteiger partial charge in [0.2, 0.25) is 0 Å². The van der Waals surface area contributed by atoms with E-state index in [1.54, 1.807) is 19.1 Å². The molecule has 0 unspecified atom stereocenters. The molecule has 0 fully saturated rings. The van der Waals surface area contributed by atoms with Gasteiger partial charge in [0.15, 0.2) is 0 Å². The van der Waals surface area contributed by atoms with Gasteiger partial charge in [-0.1, -0.05) is 42.5 Å². The second kappa shape index (κ2) is 7.43. The molecule has 134 valence electrons. The number of nitrogens with zero attached hydrogens (tertiary/aromatic N) is 2. The molecule has 0 aliphatic heterocycles. The third-order valence-corrected chi connectivity index (χ3v) is 3.65. The lowest BCUT2D eigenvalue weighted by atomic mass is 10.1. The number of anilines is 3. The van der Waals surface area contributed by atoms with Crippen LogP contribution in [0, 0.1) is 6.92 Å². The second-order valence-electron chi connectivity index (χ2n) is 5.69. The SMILES string of the molecule is Cc1nc(NCc2ccccc2)cc(Nc2ccccc2C(F)(F)F)n1. The van der Waals surface area contributed by atoms with Crippen molar-refractivity contribution in [2.75, 3.05) is 10.6 Å². The fraction of sp³-hybridized carbons (Fsp3) is 0.158. The molecule has 3 rings (SSSR count). The molecule has 0 saturated carbocycles. The summed E-state index contributed by atoms with van der Waals surface area (Å²) in [7, 11) is 0. The Labute approximate surface area is 149 Å². The van der Waals surface area contributed by atoms with E-state index in [4.69, 9.17) is 0 Å². The van der Waals surface area contributed by atoms with E-state index < -0.39 is 11.7 Å². The van der Waals surface area contributed by atoms with E-state index in [0.717, 1.165) is 11.6 Å². The summed E-state index contributed by atoms with van der Waals surface area (Å²) in [5.41, 5.74) is 0.280. The van der Waals surface area contributed by atoms with Crippen LogP contribution in [0.4, 0.5) is 30.5 Å². The Balaban J connectivity index is 1.80. The van der Waals surface area contributed by atoms with Crippen molar-refractivity contribution >= 4 is 17.3 Å². The van der Waals surface area contributed by atoms with Crippen molar-refractivity contribution in [3.05, 3.63) is 77.6 Å². The van der Waals surface area contributed by atoms with Crippen LogP contribution in [0.2, 0.25) is 0 Å². The third-order valence-electron chi connectivity index (χ3n) is 3.65. The quantitative estimate of drug-likeness (QED) is 0.661. The Hall–Kier alpha value is -3.09. The van der Waals surface area contributed by atoms with Gasteiger partial charge < -0.3 is 10.6 Å². The van der Waals surface area contributed by atoms with E-state index in [1.807, 2.05) is 30.3 Å². The number of para-hydroxylation sites is 1.